The second-order valence-corrected chi connectivity index (χ2v) is 13.5. The average molecular weight is 578 g/mol. The van der Waals surface area contributed by atoms with Gasteiger partial charge in [-0.15, -0.1) is 0 Å². The number of nitrogens with zero attached hydrogens (tertiary/aromatic N) is 1. The molecule has 1 nitrogen and oxygen atoms in total. The minimum absolute atomic E-state index is 0.499. The number of hydrogen-bond acceptors (Lipinski definition) is 0. The van der Waals surface area contributed by atoms with Gasteiger partial charge in [-0.2, -0.15) is 0 Å². The van der Waals surface area contributed by atoms with Crippen LogP contribution in [0.15, 0.2) is 127 Å². The Bertz CT molecular complexity index is 2430. The van der Waals surface area contributed by atoms with E-state index in [1.165, 1.54) is 93.0 Å². The Morgan fingerprint density at radius 1 is 0.378 bits per heavy atom. The second kappa shape index (κ2) is 9.68. The molecule has 9 aromatic rings. The molecule has 9 rings (SSSR count). The molecule has 0 aliphatic heterocycles. The summed E-state index contributed by atoms with van der Waals surface area (Å²) in [5.74, 6) is 0.998. The zero-order valence-corrected chi connectivity index (χ0v) is 26.2. The molecule has 0 aliphatic carbocycles. The smallest absolute Gasteiger partial charge is 0.0620 e. The molecule has 45 heavy (non-hydrogen) atoms. The quantitative estimate of drug-likeness (QED) is 0.196. The van der Waals surface area contributed by atoms with Crippen LogP contribution in [0.3, 0.4) is 0 Å². The van der Waals surface area contributed by atoms with Gasteiger partial charge in [-0.1, -0.05) is 119 Å². The van der Waals surface area contributed by atoms with Gasteiger partial charge < -0.3 is 4.40 Å². The molecular weight excluding hydrogens is 542 g/mol. The normalized spacial score (nSPS) is 12.4. The minimum atomic E-state index is 0.499. The van der Waals surface area contributed by atoms with Crippen LogP contribution in [0.4, 0.5) is 0 Å². The molecular formula is C44H35N. The molecule has 0 unspecified atom stereocenters. The summed E-state index contributed by atoms with van der Waals surface area (Å²) in [6, 6.07) is 48.2. The first-order valence-electron chi connectivity index (χ1n) is 16.2. The maximum Gasteiger partial charge on any atom is 0.0620 e. The molecule has 0 atom stereocenters. The first kappa shape index (κ1) is 26.3. The molecule has 0 saturated carbocycles. The molecule has 0 amide bonds. The van der Waals surface area contributed by atoms with E-state index in [0.717, 1.165) is 0 Å². The van der Waals surface area contributed by atoms with Crippen LogP contribution in [0.25, 0.3) is 81.9 Å². The number of fused-ring (bicyclic) bond motifs is 8. The lowest BCUT2D eigenvalue weighted by atomic mass is 9.95. The van der Waals surface area contributed by atoms with Crippen molar-refractivity contribution < 1.29 is 0 Å². The Morgan fingerprint density at radius 3 is 1.33 bits per heavy atom. The van der Waals surface area contributed by atoms with E-state index in [1.807, 2.05) is 0 Å². The molecule has 0 radical (unpaired) electrons. The fourth-order valence-corrected chi connectivity index (χ4v) is 7.44. The first-order valence-corrected chi connectivity index (χ1v) is 16.2. The van der Waals surface area contributed by atoms with Crippen molar-refractivity contribution in [2.24, 2.45) is 0 Å². The van der Waals surface area contributed by atoms with Gasteiger partial charge in [0.25, 0.3) is 0 Å². The van der Waals surface area contributed by atoms with E-state index < -0.39 is 0 Å². The van der Waals surface area contributed by atoms with Crippen molar-refractivity contribution in [3.05, 3.63) is 139 Å². The van der Waals surface area contributed by atoms with Gasteiger partial charge in [0.15, 0.2) is 0 Å². The molecule has 1 heteroatoms. The molecule has 0 bridgehead atoms. The zero-order valence-electron chi connectivity index (χ0n) is 26.2. The third-order valence-corrected chi connectivity index (χ3v) is 10.0. The summed E-state index contributed by atoms with van der Waals surface area (Å²) in [4.78, 5) is 0. The molecule has 0 N–H and O–H groups in total. The predicted molar refractivity (Wildman–Crippen MR) is 195 cm³/mol. The fourth-order valence-electron chi connectivity index (χ4n) is 7.44. The third-order valence-electron chi connectivity index (χ3n) is 10.0. The van der Waals surface area contributed by atoms with Crippen LogP contribution >= 0.6 is 0 Å². The largest absolute Gasteiger partial charge is 0.308 e. The van der Waals surface area contributed by atoms with Crippen LogP contribution in [0.2, 0.25) is 0 Å². The highest BCUT2D eigenvalue weighted by Crippen LogP contribution is 2.44. The van der Waals surface area contributed by atoms with Crippen LogP contribution < -0.4 is 0 Å². The Balaban J connectivity index is 1.36. The average Bonchev–Trinajstić information content (AvgIpc) is 3.56. The van der Waals surface area contributed by atoms with E-state index >= 15 is 0 Å². The molecule has 0 aliphatic rings. The molecule has 0 saturated heterocycles. The van der Waals surface area contributed by atoms with Crippen LogP contribution in [0.5, 0.6) is 0 Å². The highest BCUT2D eigenvalue weighted by Gasteiger charge is 2.20. The van der Waals surface area contributed by atoms with Gasteiger partial charge in [0.05, 0.1) is 16.6 Å². The summed E-state index contributed by atoms with van der Waals surface area (Å²) in [5, 5.41) is 10.5. The Hall–Kier alpha value is -5.14. The number of aromatic nitrogens is 1. The number of benzene rings is 7. The fraction of sp³-hybridized carbons (Fsp3) is 0.136. The monoisotopic (exact) mass is 577 g/mol. The summed E-state index contributed by atoms with van der Waals surface area (Å²) in [6.07, 6.45) is 0. The molecule has 7 aromatic carbocycles. The van der Waals surface area contributed by atoms with Gasteiger partial charge in [0, 0.05) is 21.5 Å². The van der Waals surface area contributed by atoms with Crippen molar-refractivity contribution in [2.75, 3.05) is 0 Å². The first-order chi connectivity index (χ1) is 21.9. The number of rotatable bonds is 4. The summed E-state index contributed by atoms with van der Waals surface area (Å²) < 4.78 is 2.53. The van der Waals surface area contributed by atoms with Gasteiger partial charge in [0.2, 0.25) is 0 Å². The lowest BCUT2D eigenvalue weighted by Gasteiger charge is -2.09. The Morgan fingerprint density at radius 2 is 0.844 bits per heavy atom. The van der Waals surface area contributed by atoms with Gasteiger partial charge in [-0.3, -0.25) is 0 Å². The van der Waals surface area contributed by atoms with Crippen molar-refractivity contribution in [1.82, 2.24) is 4.40 Å². The summed E-state index contributed by atoms with van der Waals surface area (Å²) in [6.45, 7) is 9.10. The van der Waals surface area contributed by atoms with E-state index in [4.69, 9.17) is 0 Å². The topological polar surface area (TPSA) is 4.41 Å². The molecule has 216 valence electrons. The Kier molecular flexibility index (Phi) is 5.65. The van der Waals surface area contributed by atoms with E-state index in [9.17, 15) is 0 Å². The van der Waals surface area contributed by atoms with E-state index in [2.05, 4.69) is 159 Å². The SMILES string of the molecule is CC(C)c1ccc2cc3c(cc2c1)c1cc(-c2ccc(-c4ccccc4)cc2)cc2c4cc5cc(C(C)C)ccc5cc4n3c12. The van der Waals surface area contributed by atoms with E-state index in [1.54, 1.807) is 0 Å². The van der Waals surface area contributed by atoms with Crippen molar-refractivity contribution in [3.63, 3.8) is 0 Å². The van der Waals surface area contributed by atoms with Crippen molar-refractivity contribution in [3.8, 4) is 22.3 Å². The van der Waals surface area contributed by atoms with Gasteiger partial charge in [-0.05, 0) is 103 Å². The number of hydrogen-bond donors (Lipinski definition) is 0. The van der Waals surface area contributed by atoms with Crippen LogP contribution in [-0.4, -0.2) is 4.40 Å². The molecule has 2 aromatic heterocycles. The van der Waals surface area contributed by atoms with Crippen LogP contribution in [0, 0.1) is 0 Å². The summed E-state index contributed by atoms with van der Waals surface area (Å²) in [5.41, 5.74) is 11.6. The molecule has 0 spiro atoms. The maximum atomic E-state index is 2.53. The van der Waals surface area contributed by atoms with Gasteiger partial charge >= 0.3 is 0 Å². The zero-order chi connectivity index (χ0) is 30.4. The summed E-state index contributed by atoms with van der Waals surface area (Å²) >= 11 is 0. The van der Waals surface area contributed by atoms with E-state index in [0.29, 0.717) is 11.8 Å². The maximum absolute atomic E-state index is 2.53. The predicted octanol–water partition coefficient (Wildman–Crippen LogP) is 12.7. The van der Waals surface area contributed by atoms with Crippen molar-refractivity contribution in [1.29, 1.82) is 0 Å². The van der Waals surface area contributed by atoms with Crippen molar-refractivity contribution in [2.45, 2.75) is 39.5 Å². The van der Waals surface area contributed by atoms with E-state index in [-0.39, 0.29) is 0 Å². The van der Waals surface area contributed by atoms with Gasteiger partial charge in [-0.25, -0.2) is 0 Å². The Labute approximate surface area is 263 Å². The standard InChI is InChI=1S/C44H35N/c1-26(2)31-14-16-33-24-42-38(20-35(33)18-31)40-22-37(30-12-10-29(11-13-30)28-8-6-5-7-9-28)23-41-39-21-36-19-32(27(3)4)15-17-34(36)25-43(39)45(42)44(40)41/h5-27H,1-4H3. The lowest BCUT2D eigenvalue weighted by molar-refractivity contribution is 0.869. The van der Waals surface area contributed by atoms with Gasteiger partial charge in [0.1, 0.15) is 0 Å². The van der Waals surface area contributed by atoms with Crippen LogP contribution in [-0.2, 0) is 0 Å². The highest BCUT2D eigenvalue weighted by atomic mass is 14.9. The molecule has 0 fully saturated rings. The third kappa shape index (κ3) is 4.00. The molecule has 2 heterocycles. The lowest BCUT2D eigenvalue weighted by Crippen LogP contribution is -1.88. The second-order valence-electron chi connectivity index (χ2n) is 13.5. The minimum Gasteiger partial charge on any atom is -0.308 e. The van der Waals surface area contributed by atoms with Crippen molar-refractivity contribution >= 4 is 59.6 Å². The van der Waals surface area contributed by atoms with Crippen LogP contribution in [0.1, 0.15) is 50.7 Å². The summed E-state index contributed by atoms with van der Waals surface area (Å²) in [7, 11) is 0. The highest BCUT2D eigenvalue weighted by molar-refractivity contribution is 6.27.